The highest BCUT2D eigenvalue weighted by atomic mass is 16.2. The Morgan fingerprint density at radius 2 is 1.34 bits per heavy atom. The normalized spacial score (nSPS) is 11.2. The lowest BCUT2D eigenvalue weighted by molar-refractivity contribution is 0.220. The molecule has 1 atom stereocenters. The Kier molecular flexibility index (Phi) is 9.03. The summed E-state index contributed by atoms with van der Waals surface area (Å²) in [5, 5.41) is 20.9. The van der Waals surface area contributed by atoms with E-state index in [1.54, 1.807) is 55.5 Å². The van der Waals surface area contributed by atoms with Crippen LogP contribution in [-0.2, 0) is 0 Å². The third-order valence-electron chi connectivity index (χ3n) is 4.76. The van der Waals surface area contributed by atoms with Gasteiger partial charge in [-0.1, -0.05) is 36.4 Å². The van der Waals surface area contributed by atoms with E-state index in [2.05, 4.69) is 10.6 Å². The summed E-state index contributed by atoms with van der Waals surface area (Å²) in [5.74, 6) is -0.697. The number of carbonyl (C=O) groups excluding carboxylic acids is 2. The van der Waals surface area contributed by atoms with Gasteiger partial charge in [0.1, 0.15) is 0 Å². The van der Waals surface area contributed by atoms with Gasteiger partial charge in [-0.05, 0) is 50.5 Å². The first-order valence-electron chi connectivity index (χ1n) is 10.3. The van der Waals surface area contributed by atoms with Crippen molar-refractivity contribution in [2.24, 2.45) is 11.5 Å². The molecule has 0 spiro atoms. The fourth-order valence-corrected chi connectivity index (χ4v) is 3.13. The zero-order chi connectivity index (χ0) is 23.5. The van der Waals surface area contributed by atoms with Gasteiger partial charge in [-0.3, -0.25) is 20.6 Å². The fraction of sp³-hybridized carbons (Fsp3) is 0.273. The number of para-hydroxylation sites is 2. The third kappa shape index (κ3) is 7.31. The van der Waals surface area contributed by atoms with Crippen LogP contribution >= 0.6 is 0 Å². The Morgan fingerprint density at radius 1 is 0.844 bits per heavy atom. The number of hydrogen-bond donors (Lipinski definition) is 6. The van der Waals surface area contributed by atoms with Crippen LogP contribution in [-0.4, -0.2) is 46.4 Å². The van der Waals surface area contributed by atoms with Crippen LogP contribution in [0.5, 0.6) is 0 Å². The predicted molar refractivity (Wildman–Crippen MR) is 127 cm³/mol. The monoisotopic (exact) mass is 438 g/mol. The van der Waals surface area contributed by atoms with Gasteiger partial charge in [0.2, 0.25) is 0 Å². The molecule has 32 heavy (non-hydrogen) atoms. The van der Waals surface area contributed by atoms with Gasteiger partial charge in [0.05, 0.1) is 0 Å². The average molecular weight is 439 g/mol. The number of anilines is 2. The molecule has 8 N–H and O–H groups in total. The van der Waals surface area contributed by atoms with Crippen molar-refractivity contribution >= 4 is 35.4 Å². The molecule has 0 bridgehead atoms. The molecule has 0 aromatic heterocycles. The van der Waals surface area contributed by atoms with Crippen LogP contribution in [0.4, 0.5) is 21.0 Å². The minimum atomic E-state index is -0.483. The molecular weight excluding hydrogens is 408 g/mol. The molecule has 1 unspecified atom stereocenters. The summed E-state index contributed by atoms with van der Waals surface area (Å²) in [5.41, 5.74) is 12.4. The van der Waals surface area contributed by atoms with E-state index in [0.29, 0.717) is 30.6 Å². The standard InChI is InChI=1S/C22H30N8O2/c1-16(30(20(25)26)22(32)28-18-13-6-3-7-14-18)10-8-9-15-29(19(23)24)21(31)27-17-11-4-2-5-12-17/h2-7,11-14,16H,8-10,15H2,1H3,(H3,23,24)(H3,25,26)(H,27,31)(H,28,32). The smallest absolute Gasteiger partial charge is 0.328 e. The average Bonchev–Trinajstić information content (AvgIpc) is 2.74. The summed E-state index contributed by atoms with van der Waals surface area (Å²) in [7, 11) is 0. The van der Waals surface area contributed by atoms with E-state index in [-0.39, 0.29) is 24.5 Å². The molecule has 4 amide bonds. The summed E-state index contributed by atoms with van der Waals surface area (Å²) in [4.78, 5) is 27.4. The molecule has 2 aromatic rings. The van der Waals surface area contributed by atoms with Gasteiger partial charge in [0.15, 0.2) is 11.9 Å². The van der Waals surface area contributed by atoms with E-state index in [1.807, 2.05) is 12.1 Å². The van der Waals surface area contributed by atoms with Gasteiger partial charge in [-0.25, -0.2) is 9.59 Å². The molecular formula is C22H30N8O2. The highest BCUT2D eigenvalue weighted by Crippen LogP contribution is 2.13. The number of amides is 4. The number of nitrogens with one attached hydrogen (secondary N) is 4. The maximum Gasteiger partial charge on any atom is 0.328 e. The second-order valence-corrected chi connectivity index (χ2v) is 7.23. The summed E-state index contributed by atoms with van der Waals surface area (Å²) in [6.07, 6.45) is 1.73. The number of carbonyl (C=O) groups is 2. The number of nitrogens with zero attached hydrogens (tertiary/aromatic N) is 2. The Morgan fingerprint density at radius 3 is 1.81 bits per heavy atom. The van der Waals surface area contributed by atoms with Crippen molar-refractivity contribution in [3.63, 3.8) is 0 Å². The van der Waals surface area contributed by atoms with Gasteiger partial charge >= 0.3 is 12.1 Å². The van der Waals surface area contributed by atoms with Crippen molar-refractivity contribution in [1.29, 1.82) is 10.8 Å². The minimum absolute atomic E-state index is 0.247. The first kappa shape index (κ1) is 24.2. The van der Waals surface area contributed by atoms with Crippen LogP contribution in [0.25, 0.3) is 0 Å². The lowest BCUT2D eigenvalue weighted by atomic mass is 10.1. The van der Waals surface area contributed by atoms with Crippen LogP contribution in [0.2, 0.25) is 0 Å². The van der Waals surface area contributed by atoms with Gasteiger partial charge in [-0.15, -0.1) is 0 Å². The quantitative estimate of drug-likeness (QED) is 0.211. The second-order valence-electron chi connectivity index (χ2n) is 7.23. The highest BCUT2D eigenvalue weighted by Gasteiger charge is 2.23. The number of rotatable bonds is 8. The molecule has 0 aliphatic heterocycles. The molecule has 0 radical (unpaired) electrons. The first-order chi connectivity index (χ1) is 15.3. The summed E-state index contributed by atoms with van der Waals surface area (Å²) < 4.78 is 0. The van der Waals surface area contributed by atoms with Gasteiger partial charge < -0.3 is 22.1 Å². The Balaban J connectivity index is 1.86. The van der Waals surface area contributed by atoms with E-state index < -0.39 is 12.1 Å². The van der Waals surface area contributed by atoms with Gasteiger partial charge in [0.25, 0.3) is 0 Å². The van der Waals surface area contributed by atoms with E-state index >= 15 is 0 Å². The molecule has 10 heteroatoms. The van der Waals surface area contributed by atoms with Crippen LogP contribution in [0.3, 0.4) is 0 Å². The van der Waals surface area contributed by atoms with Gasteiger partial charge in [0, 0.05) is 24.0 Å². The number of hydrogen-bond acceptors (Lipinski definition) is 4. The fourth-order valence-electron chi connectivity index (χ4n) is 3.13. The topological polar surface area (TPSA) is 164 Å². The maximum atomic E-state index is 12.6. The lowest BCUT2D eigenvalue weighted by Gasteiger charge is -2.28. The number of urea groups is 2. The van der Waals surface area contributed by atoms with Crippen molar-refractivity contribution in [2.45, 2.75) is 32.2 Å². The molecule has 170 valence electrons. The number of unbranched alkanes of at least 4 members (excludes halogenated alkanes) is 1. The molecule has 10 nitrogen and oxygen atoms in total. The first-order valence-corrected chi connectivity index (χ1v) is 10.3. The van der Waals surface area contributed by atoms with Crippen LogP contribution in [0, 0.1) is 10.8 Å². The van der Waals surface area contributed by atoms with Crippen molar-refractivity contribution in [2.75, 3.05) is 17.2 Å². The van der Waals surface area contributed by atoms with E-state index in [4.69, 9.17) is 22.3 Å². The number of benzene rings is 2. The zero-order valence-electron chi connectivity index (χ0n) is 18.0. The Bertz CT molecular complexity index is 920. The van der Waals surface area contributed by atoms with Crippen LogP contribution in [0.1, 0.15) is 26.2 Å². The second kappa shape index (κ2) is 11.9. The van der Waals surface area contributed by atoms with Crippen molar-refractivity contribution in [3.05, 3.63) is 60.7 Å². The molecule has 0 fully saturated rings. The molecule has 2 rings (SSSR count). The number of nitrogens with two attached hydrogens (primary N) is 2. The largest absolute Gasteiger partial charge is 0.370 e. The molecule has 0 aliphatic rings. The lowest BCUT2D eigenvalue weighted by Crippen LogP contribution is -2.49. The summed E-state index contributed by atoms with van der Waals surface area (Å²) >= 11 is 0. The van der Waals surface area contributed by atoms with Crippen LogP contribution < -0.4 is 22.1 Å². The molecule has 2 aromatic carbocycles. The van der Waals surface area contributed by atoms with E-state index in [9.17, 15) is 9.59 Å². The van der Waals surface area contributed by atoms with Crippen LogP contribution in [0.15, 0.2) is 60.7 Å². The maximum absolute atomic E-state index is 12.6. The predicted octanol–water partition coefficient (Wildman–Crippen LogP) is 3.40. The molecule has 0 heterocycles. The SMILES string of the molecule is CC(CCCCN(C(=N)N)C(=O)Nc1ccccc1)N(C(=N)N)C(=O)Nc1ccccc1. The van der Waals surface area contributed by atoms with Crippen molar-refractivity contribution < 1.29 is 9.59 Å². The third-order valence-corrected chi connectivity index (χ3v) is 4.76. The Labute approximate surface area is 187 Å². The molecule has 0 saturated heterocycles. The minimum Gasteiger partial charge on any atom is -0.370 e. The van der Waals surface area contributed by atoms with E-state index in [1.165, 1.54) is 4.90 Å². The van der Waals surface area contributed by atoms with Crippen molar-refractivity contribution in [1.82, 2.24) is 9.80 Å². The molecule has 0 saturated carbocycles. The zero-order valence-corrected chi connectivity index (χ0v) is 18.0. The van der Waals surface area contributed by atoms with Crippen molar-refractivity contribution in [3.8, 4) is 0 Å². The Hall–Kier alpha value is -4.08. The number of guanidine groups is 2. The molecule has 0 aliphatic carbocycles. The summed E-state index contributed by atoms with van der Waals surface area (Å²) in [6, 6.07) is 16.5. The van der Waals surface area contributed by atoms with Gasteiger partial charge in [-0.2, -0.15) is 0 Å². The summed E-state index contributed by atoms with van der Waals surface area (Å²) in [6.45, 7) is 2.05. The highest BCUT2D eigenvalue weighted by molar-refractivity contribution is 6.01. The van der Waals surface area contributed by atoms with E-state index in [0.717, 1.165) is 4.90 Å².